The molecule has 0 spiro atoms. The van der Waals surface area contributed by atoms with Gasteiger partial charge in [0, 0.05) is 0 Å². The molecule has 0 saturated heterocycles. The predicted octanol–water partition coefficient (Wildman–Crippen LogP) is 4.54. The summed E-state index contributed by atoms with van der Waals surface area (Å²) in [6, 6.07) is 7.17. The smallest absolute Gasteiger partial charge is 0.0274 e. The topological polar surface area (TPSA) is 0 Å². The van der Waals surface area contributed by atoms with Gasteiger partial charge in [-0.1, -0.05) is 39.0 Å². The molecule has 0 heteroatoms. The average Bonchev–Trinajstić information content (AvgIpc) is 2.25. The van der Waals surface area contributed by atoms with Gasteiger partial charge in [-0.3, -0.25) is 0 Å². The summed E-state index contributed by atoms with van der Waals surface area (Å²) < 4.78 is 0. The van der Waals surface area contributed by atoms with Gasteiger partial charge in [0.25, 0.3) is 0 Å². The first-order chi connectivity index (χ1) is 7.54. The Morgan fingerprint density at radius 1 is 1.00 bits per heavy atom. The fourth-order valence-corrected chi connectivity index (χ4v) is 2.46. The van der Waals surface area contributed by atoms with Gasteiger partial charge < -0.3 is 0 Å². The van der Waals surface area contributed by atoms with E-state index < -0.39 is 0 Å². The van der Waals surface area contributed by atoms with Crippen molar-refractivity contribution in [3.63, 3.8) is 0 Å². The summed E-state index contributed by atoms with van der Waals surface area (Å²) in [5.41, 5.74) is 5.22. The van der Waals surface area contributed by atoms with Crippen LogP contribution in [-0.2, 0) is 19.3 Å². The molecule has 1 aromatic carbocycles. The molecular weight excluding hydrogens is 192 g/mol. The minimum atomic E-state index is 0.454. The molecule has 0 heterocycles. The molecule has 16 heavy (non-hydrogen) atoms. The molecule has 0 atom stereocenters. The van der Waals surface area contributed by atoms with E-state index in [0.29, 0.717) is 5.41 Å². The van der Waals surface area contributed by atoms with Crippen LogP contribution in [0.4, 0.5) is 0 Å². The Kier molecular flexibility index (Phi) is 3.37. The molecule has 0 amide bonds. The van der Waals surface area contributed by atoms with Gasteiger partial charge in [-0.05, 0) is 60.6 Å². The van der Waals surface area contributed by atoms with Crippen molar-refractivity contribution in [3.05, 3.63) is 34.9 Å². The lowest BCUT2D eigenvalue weighted by Gasteiger charge is -2.20. The Morgan fingerprint density at radius 2 is 1.69 bits per heavy atom. The van der Waals surface area contributed by atoms with Gasteiger partial charge in [0.2, 0.25) is 0 Å². The maximum atomic E-state index is 2.46. The quantitative estimate of drug-likeness (QED) is 0.680. The van der Waals surface area contributed by atoms with Gasteiger partial charge in [0.15, 0.2) is 0 Å². The fourth-order valence-electron chi connectivity index (χ4n) is 2.46. The Bertz CT molecular complexity index is 355. The molecule has 0 bridgehead atoms. The first kappa shape index (κ1) is 11.7. The third kappa shape index (κ3) is 3.10. The summed E-state index contributed by atoms with van der Waals surface area (Å²) in [4.78, 5) is 0. The van der Waals surface area contributed by atoms with E-state index in [1.165, 1.54) is 44.1 Å². The van der Waals surface area contributed by atoms with Crippen molar-refractivity contribution in [3.8, 4) is 0 Å². The van der Waals surface area contributed by atoms with Crippen LogP contribution in [0, 0.1) is 5.41 Å². The van der Waals surface area contributed by atoms with Gasteiger partial charge >= 0.3 is 0 Å². The highest BCUT2D eigenvalue weighted by molar-refractivity contribution is 5.33. The lowest BCUT2D eigenvalue weighted by molar-refractivity contribution is 0.378. The Morgan fingerprint density at radius 3 is 2.38 bits per heavy atom. The number of fused-ring (bicyclic) bond motifs is 1. The lowest BCUT2D eigenvalue weighted by Crippen LogP contribution is -2.07. The third-order valence-electron chi connectivity index (χ3n) is 3.58. The fraction of sp³-hybridized carbons (Fsp3) is 0.625. The molecule has 2 rings (SSSR count). The second-order valence-corrected chi connectivity index (χ2v) is 6.37. The molecule has 0 fully saturated rings. The molecule has 1 aliphatic rings. The van der Waals surface area contributed by atoms with E-state index >= 15 is 0 Å². The number of rotatable bonds is 2. The van der Waals surface area contributed by atoms with Crippen LogP contribution in [-0.4, -0.2) is 0 Å². The van der Waals surface area contributed by atoms with Crippen LogP contribution in [0.5, 0.6) is 0 Å². The largest absolute Gasteiger partial charge is 0.0602 e. The maximum absolute atomic E-state index is 2.46. The van der Waals surface area contributed by atoms with Crippen molar-refractivity contribution in [2.24, 2.45) is 5.41 Å². The summed E-state index contributed by atoms with van der Waals surface area (Å²) in [6.07, 6.45) is 7.89. The molecular formula is C16H24. The van der Waals surface area contributed by atoms with Crippen molar-refractivity contribution in [2.75, 3.05) is 0 Å². The zero-order chi connectivity index (χ0) is 11.6. The van der Waals surface area contributed by atoms with E-state index in [1.807, 2.05) is 0 Å². The lowest BCUT2D eigenvalue weighted by atomic mass is 9.86. The van der Waals surface area contributed by atoms with Crippen LogP contribution in [0.15, 0.2) is 18.2 Å². The average molecular weight is 216 g/mol. The summed E-state index contributed by atoms with van der Waals surface area (Å²) in [5, 5.41) is 0. The van der Waals surface area contributed by atoms with Crippen LogP contribution < -0.4 is 0 Å². The molecule has 1 aromatic rings. The molecule has 0 N–H and O–H groups in total. The standard InChI is InChI=1S/C16H24/c1-16(2,3)11-10-13-8-9-14-6-4-5-7-15(14)12-13/h8-9,12H,4-7,10-11H2,1-3H3. The van der Waals surface area contributed by atoms with E-state index in [1.54, 1.807) is 11.1 Å². The van der Waals surface area contributed by atoms with Crippen molar-refractivity contribution in [1.29, 1.82) is 0 Å². The zero-order valence-electron chi connectivity index (χ0n) is 11.0. The van der Waals surface area contributed by atoms with E-state index in [4.69, 9.17) is 0 Å². The van der Waals surface area contributed by atoms with Gasteiger partial charge in [-0.25, -0.2) is 0 Å². The second-order valence-electron chi connectivity index (χ2n) is 6.37. The van der Waals surface area contributed by atoms with Crippen LogP contribution in [0.2, 0.25) is 0 Å². The summed E-state index contributed by atoms with van der Waals surface area (Å²) in [5.74, 6) is 0. The van der Waals surface area contributed by atoms with E-state index in [0.717, 1.165) is 0 Å². The molecule has 0 aromatic heterocycles. The van der Waals surface area contributed by atoms with E-state index in [-0.39, 0.29) is 0 Å². The predicted molar refractivity (Wildman–Crippen MR) is 70.9 cm³/mol. The Labute approximate surface area is 100 Å². The SMILES string of the molecule is CC(C)(C)CCc1ccc2c(c1)CCCC2. The Hall–Kier alpha value is -0.780. The van der Waals surface area contributed by atoms with Crippen LogP contribution in [0.1, 0.15) is 56.7 Å². The molecule has 1 aliphatic carbocycles. The second kappa shape index (κ2) is 4.61. The number of hydrogen-bond donors (Lipinski definition) is 0. The zero-order valence-corrected chi connectivity index (χ0v) is 11.0. The van der Waals surface area contributed by atoms with Crippen molar-refractivity contribution >= 4 is 0 Å². The highest BCUT2D eigenvalue weighted by atomic mass is 14.2. The third-order valence-corrected chi connectivity index (χ3v) is 3.58. The molecule has 0 nitrogen and oxygen atoms in total. The van der Waals surface area contributed by atoms with Crippen LogP contribution >= 0.6 is 0 Å². The van der Waals surface area contributed by atoms with Crippen molar-refractivity contribution in [1.82, 2.24) is 0 Å². The minimum Gasteiger partial charge on any atom is -0.0602 e. The Balaban J connectivity index is 2.06. The molecule has 88 valence electrons. The molecule has 0 saturated carbocycles. The maximum Gasteiger partial charge on any atom is -0.0274 e. The summed E-state index contributed by atoms with van der Waals surface area (Å²) in [7, 11) is 0. The van der Waals surface area contributed by atoms with Crippen LogP contribution in [0.3, 0.4) is 0 Å². The highest BCUT2D eigenvalue weighted by Gasteiger charge is 2.12. The minimum absolute atomic E-state index is 0.454. The molecule has 0 radical (unpaired) electrons. The number of aryl methyl sites for hydroxylation is 3. The van der Waals surface area contributed by atoms with Gasteiger partial charge in [-0.2, -0.15) is 0 Å². The van der Waals surface area contributed by atoms with Crippen molar-refractivity contribution < 1.29 is 0 Å². The van der Waals surface area contributed by atoms with E-state index in [2.05, 4.69) is 39.0 Å². The highest BCUT2D eigenvalue weighted by Crippen LogP contribution is 2.25. The summed E-state index contributed by atoms with van der Waals surface area (Å²) >= 11 is 0. The number of benzene rings is 1. The number of hydrogen-bond acceptors (Lipinski definition) is 0. The van der Waals surface area contributed by atoms with E-state index in [9.17, 15) is 0 Å². The first-order valence-corrected chi connectivity index (χ1v) is 6.65. The first-order valence-electron chi connectivity index (χ1n) is 6.65. The van der Waals surface area contributed by atoms with Crippen LogP contribution in [0.25, 0.3) is 0 Å². The van der Waals surface area contributed by atoms with Gasteiger partial charge in [0.1, 0.15) is 0 Å². The van der Waals surface area contributed by atoms with Crippen molar-refractivity contribution in [2.45, 2.75) is 59.3 Å². The monoisotopic (exact) mass is 216 g/mol. The molecule has 0 unspecified atom stereocenters. The molecule has 0 aliphatic heterocycles. The van der Waals surface area contributed by atoms with Gasteiger partial charge in [0.05, 0.1) is 0 Å². The summed E-state index contributed by atoms with van der Waals surface area (Å²) in [6.45, 7) is 6.97. The van der Waals surface area contributed by atoms with Gasteiger partial charge in [-0.15, -0.1) is 0 Å². The normalized spacial score (nSPS) is 15.9.